The molecule has 0 fully saturated rings. The summed E-state index contributed by atoms with van der Waals surface area (Å²) < 4.78 is 14.5. The number of hydrogen-bond acceptors (Lipinski definition) is 4. The van der Waals surface area contributed by atoms with Crippen LogP contribution in [0.2, 0.25) is 0 Å². The van der Waals surface area contributed by atoms with Gasteiger partial charge in [0.05, 0.1) is 11.4 Å². The lowest BCUT2D eigenvalue weighted by Crippen LogP contribution is -1.94. The highest BCUT2D eigenvalue weighted by molar-refractivity contribution is 9.10. The van der Waals surface area contributed by atoms with Crippen molar-refractivity contribution in [3.8, 4) is 17.3 Å². The number of aromatic nitrogens is 1. The van der Waals surface area contributed by atoms with Crippen LogP contribution in [0.3, 0.4) is 0 Å². The number of rotatable bonds is 4. The van der Waals surface area contributed by atoms with Gasteiger partial charge in [0.2, 0.25) is 0 Å². The molecule has 0 aliphatic heterocycles. The average molecular weight is 414 g/mol. The molecule has 25 heavy (non-hydrogen) atoms. The van der Waals surface area contributed by atoms with E-state index in [2.05, 4.69) is 32.3 Å². The number of nitrogens with zero attached hydrogens (tertiary/aromatic N) is 2. The largest absolute Gasteiger partial charge is 0.358 e. The van der Waals surface area contributed by atoms with Gasteiger partial charge in [0.25, 0.3) is 0 Å². The lowest BCUT2D eigenvalue weighted by molar-refractivity contribution is 0.631. The predicted octanol–water partition coefficient (Wildman–Crippen LogP) is 6.00. The van der Waals surface area contributed by atoms with Crippen molar-refractivity contribution >= 4 is 38.5 Å². The van der Waals surface area contributed by atoms with E-state index in [1.807, 2.05) is 36.6 Å². The summed E-state index contributed by atoms with van der Waals surface area (Å²) in [5.74, 6) is -0.401. The van der Waals surface area contributed by atoms with Crippen molar-refractivity contribution in [2.24, 2.45) is 0 Å². The number of thiazole rings is 1. The van der Waals surface area contributed by atoms with Gasteiger partial charge >= 0.3 is 0 Å². The van der Waals surface area contributed by atoms with E-state index in [1.54, 1.807) is 12.1 Å². The van der Waals surface area contributed by atoms with Crippen LogP contribution in [0.25, 0.3) is 16.8 Å². The van der Waals surface area contributed by atoms with Gasteiger partial charge in [-0.3, -0.25) is 0 Å². The summed E-state index contributed by atoms with van der Waals surface area (Å²) in [7, 11) is 0. The summed E-state index contributed by atoms with van der Waals surface area (Å²) in [6, 6.07) is 14.8. The number of nitrogens with one attached hydrogen (secondary N) is 1. The van der Waals surface area contributed by atoms with Gasteiger partial charge in [-0.25, -0.2) is 9.37 Å². The van der Waals surface area contributed by atoms with Crippen molar-refractivity contribution in [2.75, 3.05) is 5.32 Å². The summed E-state index contributed by atoms with van der Waals surface area (Å²) in [5.41, 5.74) is 3.64. The zero-order valence-electron chi connectivity index (χ0n) is 13.3. The van der Waals surface area contributed by atoms with E-state index >= 15 is 0 Å². The number of allylic oxidation sites excluding steroid dienone is 1. The second-order valence-electron chi connectivity index (χ2n) is 5.34. The quantitative estimate of drug-likeness (QED) is 0.533. The Labute approximate surface area is 157 Å². The molecule has 0 bridgehead atoms. The standard InChI is InChI=1S/C19H13BrFN3S/c1-12-2-4-13(5-3-12)18-11-25-19(24-18)14(9-22)10-23-17-7-6-15(20)8-16(17)21/h2-8,10-11,23H,1H3/b14-10+. The molecule has 1 heterocycles. The Kier molecular flexibility index (Phi) is 5.27. The van der Waals surface area contributed by atoms with Crippen LogP contribution in [0, 0.1) is 24.1 Å². The third-order valence-corrected chi connectivity index (χ3v) is 4.87. The Morgan fingerprint density at radius 1 is 1.28 bits per heavy atom. The van der Waals surface area contributed by atoms with Crippen molar-refractivity contribution < 1.29 is 4.39 Å². The zero-order valence-corrected chi connectivity index (χ0v) is 15.7. The number of aryl methyl sites for hydroxylation is 1. The number of hydrogen-bond donors (Lipinski definition) is 1. The van der Waals surface area contributed by atoms with Crippen LogP contribution < -0.4 is 5.32 Å². The fourth-order valence-electron chi connectivity index (χ4n) is 2.15. The van der Waals surface area contributed by atoms with E-state index in [1.165, 1.54) is 29.2 Å². The first-order valence-corrected chi connectivity index (χ1v) is 9.09. The molecule has 6 heteroatoms. The normalized spacial score (nSPS) is 11.2. The second kappa shape index (κ2) is 7.60. The lowest BCUT2D eigenvalue weighted by atomic mass is 10.1. The maximum atomic E-state index is 13.8. The van der Waals surface area contributed by atoms with Gasteiger partial charge in [-0.05, 0) is 25.1 Å². The van der Waals surface area contributed by atoms with Gasteiger partial charge in [0.1, 0.15) is 22.5 Å². The highest BCUT2D eigenvalue weighted by Gasteiger charge is 2.09. The van der Waals surface area contributed by atoms with Gasteiger partial charge in [-0.1, -0.05) is 45.8 Å². The van der Waals surface area contributed by atoms with Crippen LogP contribution in [0.1, 0.15) is 10.6 Å². The third kappa shape index (κ3) is 4.13. The van der Waals surface area contributed by atoms with Gasteiger partial charge in [0.15, 0.2) is 0 Å². The molecular weight excluding hydrogens is 401 g/mol. The Morgan fingerprint density at radius 3 is 2.72 bits per heavy atom. The van der Waals surface area contributed by atoms with E-state index in [4.69, 9.17) is 0 Å². The summed E-state index contributed by atoms with van der Waals surface area (Å²) in [5, 5.41) is 14.7. The molecule has 3 nitrogen and oxygen atoms in total. The van der Waals surface area contributed by atoms with E-state index < -0.39 is 5.82 Å². The number of anilines is 1. The van der Waals surface area contributed by atoms with Crippen LogP contribution >= 0.6 is 27.3 Å². The molecule has 0 aliphatic carbocycles. The molecule has 0 radical (unpaired) electrons. The van der Waals surface area contributed by atoms with Gasteiger partial charge < -0.3 is 5.32 Å². The first-order chi connectivity index (χ1) is 12.1. The highest BCUT2D eigenvalue weighted by Crippen LogP contribution is 2.27. The second-order valence-corrected chi connectivity index (χ2v) is 7.12. The SMILES string of the molecule is Cc1ccc(-c2csc(/C(C#N)=C/Nc3ccc(Br)cc3F)n2)cc1. The van der Waals surface area contributed by atoms with Gasteiger partial charge in [-0.2, -0.15) is 5.26 Å². The molecule has 3 rings (SSSR count). The lowest BCUT2D eigenvalue weighted by Gasteiger charge is -2.03. The van der Waals surface area contributed by atoms with Gasteiger partial charge in [-0.15, -0.1) is 11.3 Å². The van der Waals surface area contributed by atoms with E-state index in [9.17, 15) is 9.65 Å². The minimum atomic E-state index is -0.401. The summed E-state index contributed by atoms with van der Waals surface area (Å²) in [6.45, 7) is 2.03. The molecule has 0 atom stereocenters. The molecular formula is C19H13BrFN3S. The van der Waals surface area contributed by atoms with Crippen molar-refractivity contribution in [1.82, 2.24) is 4.98 Å². The molecule has 0 saturated carbocycles. The molecule has 0 saturated heterocycles. The third-order valence-electron chi connectivity index (χ3n) is 3.51. The van der Waals surface area contributed by atoms with E-state index in [0.717, 1.165) is 11.3 Å². The van der Waals surface area contributed by atoms with E-state index in [0.29, 0.717) is 20.7 Å². The van der Waals surface area contributed by atoms with Crippen molar-refractivity contribution in [1.29, 1.82) is 5.26 Å². The molecule has 0 unspecified atom stereocenters. The van der Waals surface area contributed by atoms with Crippen LogP contribution in [0.5, 0.6) is 0 Å². The maximum absolute atomic E-state index is 13.8. The fraction of sp³-hybridized carbons (Fsp3) is 0.0526. The molecule has 0 amide bonds. The number of nitriles is 1. The molecule has 1 N–H and O–H groups in total. The molecule has 2 aromatic carbocycles. The molecule has 1 aromatic heterocycles. The number of benzene rings is 2. The van der Waals surface area contributed by atoms with Crippen LogP contribution in [0.4, 0.5) is 10.1 Å². The smallest absolute Gasteiger partial charge is 0.147 e. The highest BCUT2D eigenvalue weighted by atomic mass is 79.9. The molecule has 0 spiro atoms. The zero-order chi connectivity index (χ0) is 17.8. The topological polar surface area (TPSA) is 48.7 Å². The summed E-state index contributed by atoms with van der Waals surface area (Å²) in [6.07, 6.45) is 1.48. The van der Waals surface area contributed by atoms with Crippen molar-refractivity contribution in [3.63, 3.8) is 0 Å². The Hall–Kier alpha value is -2.49. The summed E-state index contributed by atoms with van der Waals surface area (Å²) in [4.78, 5) is 4.52. The average Bonchev–Trinajstić information content (AvgIpc) is 3.07. The van der Waals surface area contributed by atoms with Crippen molar-refractivity contribution in [2.45, 2.75) is 6.92 Å². The minimum Gasteiger partial charge on any atom is -0.358 e. The number of halogens is 2. The minimum absolute atomic E-state index is 0.297. The first kappa shape index (κ1) is 17.3. The maximum Gasteiger partial charge on any atom is 0.147 e. The van der Waals surface area contributed by atoms with Crippen LogP contribution in [0.15, 0.2) is 58.5 Å². The van der Waals surface area contributed by atoms with Crippen LogP contribution in [-0.2, 0) is 0 Å². The Morgan fingerprint density at radius 2 is 2.04 bits per heavy atom. The molecule has 0 aliphatic rings. The van der Waals surface area contributed by atoms with Crippen molar-refractivity contribution in [3.05, 3.63) is 74.9 Å². The van der Waals surface area contributed by atoms with Gasteiger partial charge in [0, 0.05) is 21.6 Å². The molecule has 3 aromatic rings. The fourth-order valence-corrected chi connectivity index (χ4v) is 3.28. The Balaban J connectivity index is 1.84. The van der Waals surface area contributed by atoms with Crippen LogP contribution in [-0.4, -0.2) is 4.98 Å². The monoisotopic (exact) mass is 413 g/mol. The predicted molar refractivity (Wildman–Crippen MR) is 104 cm³/mol. The Bertz CT molecular complexity index is 971. The van der Waals surface area contributed by atoms with E-state index in [-0.39, 0.29) is 0 Å². The summed E-state index contributed by atoms with van der Waals surface area (Å²) >= 11 is 4.59. The molecule has 124 valence electrons. The first-order valence-electron chi connectivity index (χ1n) is 7.41.